The lowest BCUT2D eigenvalue weighted by Crippen LogP contribution is -2.35. The van der Waals surface area contributed by atoms with Crippen molar-refractivity contribution >= 4 is 27.5 Å². The number of fused-ring (bicyclic) bond motifs is 3. The van der Waals surface area contributed by atoms with Crippen molar-refractivity contribution in [2.24, 2.45) is 9.50 Å². The van der Waals surface area contributed by atoms with Crippen molar-refractivity contribution in [1.29, 1.82) is 0 Å². The molecule has 5 rings (SSSR count). The molecule has 2 heterocycles. The monoisotopic (exact) mass is 472 g/mol. The maximum Gasteiger partial charge on any atom is 0.354 e. The Morgan fingerprint density at radius 3 is 2.58 bits per heavy atom. The lowest BCUT2D eigenvalue weighted by Gasteiger charge is -2.19. The second-order valence-corrected chi connectivity index (χ2v) is 10.7. The highest BCUT2D eigenvalue weighted by Crippen LogP contribution is 2.39. The van der Waals surface area contributed by atoms with Crippen LogP contribution in [0.15, 0.2) is 21.5 Å². The molecule has 11 heteroatoms. The summed E-state index contributed by atoms with van der Waals surface area (Å²) in [5.41, 5.74) is 5.71. The van der Waals surface area contributed by atoms with Gasteiger partial charge in [-0.3, -0.25) is 4.79 Å². The topological polar surface area (TPSA) is 132 Å². The molecule has 3 amide bonds. The van der Waals surface area contributed by atoms with Gasteiger partial charge in [-0.15, -0.1) is 4.36 Å². The number of likely N-dealkylation sites (N-methyl/N-ethyl adjacent to an activating group) is 1. The summed E-state index contributed by atoms with van der Waals surface area (Å²) in [4.78, 5) is 26.0. The maximum atomic E-state index is 13.3. The van der Waals surface area contributed by atoms with Crippen LogP contribution in [0.25, 0.3) is 0 Å². The first-order valence-corrected chi connectivity index (χ1v) is 12.8. The Balaban J connectivity index is 1.38. The van der Waals surface area contributed by atoms with E-state index in [-0.39, 0.29) is 22.8 Å². The number of rotatable bonds is 4. The summed E-state index contributed by atoms with van der Waals surface area (Å²) >= 11 is 0. The molecule has 10 nitrogen and oxygen atoms in total. The Morgan fingerprint density at radius 1 is 1.27 bits per heavy atom. The third-order valence-electron chi connectivity index (χ3n) is 6.67. The fourth-order valence-electron chi connectivity index (χ4n) is 4.99. The van der Waals surface area contributed by atoms with E-state index in [1.54, 1.807) is 7.05 Å². The number of hydrogen-bond donors (Lipinski definition) is 2. The number of amides is 3. The Labute approximate surface area is 192 Å². The second-order valence-electron chi connectivity index (χ2n) is 8.96. The molecule has 0 saturated heterocycles. The van der Waals surface area contributed by atoms with Gasteiger partial charge in [0, 0.05) is 19.7 Å². The Hall–Kier alpha value is -2.92. The fraction of sp³-hybridized carbons (Fsp3) is 0.500. The molecule has 0 bridgehead atoms. The van der Waals surface area contributed by atoms with Gasteiger partial charge in [-0.25, -0.2) is 18.8 Å². The van der Waals surface area contributed by atoms with E-state index >= 15 is 0 Å². The van der Waals surface area contributed by atoms with E-state index in [1.807, 2.05) is 0 Å². The number of nitrogens with two attached hydrogens (primary N) is 1. The number of aryl methyl sites for hydroxylation is 2. The normalized spacial score (nSPS) is 19.8. The molecule has 2 atom stereocenters. The number of carbonyl (C=O) groups is 2. The van der Waals surface area contributed by atoms with Crippen molar-refractivity contribution in [3.63, 3.8) is 0 Å². The molecule has 2 unspecified atom stereocenters. The van der Waals surface area contributed by atoms with Crippen LogP contribution in [0.4, 0.5) is 10.5 Å². The second kappa shape index (κ2) is 8.14. The largest absolute Gasteiger partial charge is 0.470 e. The highest BCUT2D eigenvalue weighted by atomic mass is 32.2. The minimum atomic E-state index is -3.58. The molecule has 0 fully saturated rings. The van der Waals surface area contributed by atoms with E-state index in [9.17, 15) is 13.8 Å². The van der Waals surface area contributed by atoms with Gasteiger partial charge in [0.05, 0.1) is 19.3 Å². The number of aromatic nitrogens is 2. The van der Waals surface area contributed by atoms with Crippen molar-refractivity contribution in [2.45, 2.75) is 63.0 Å². The van der Waals surface area contributed by atoms with Gasteiger partial charge in [-0.05, 0) is 60.8 Å². The van der Waals surface area contributed by atoms with Gasteiger partial charge < -0.3 is 15.0 Å². The number of carbonyl (C=O) groups excluding carboxylic acids is 2. The predicted octanol–water partition coefficient (Wildman–Crippen LogP) is 2.03. The number of ether oxygens (including phenoxy) is 1. The van der Waals surface area contributed by atoms with E-state index in [0.717, 1.165) is 55.3 Å². The van der Waals surface area contributed by atoms with Crippen molar-refractivity contribution in [2.75, 3.05) is 18.9 Å². The summed E-state index contributed by atoms with van der Waals surface area (Å²) in [6, 6.07) is 1.54. The quantitative estimate of drug-likeness (QED) is 0.703. The van der Waals surface area contributed by atoms with Gasteiger partial charge in [0.25, 0.3) is 0 Å². The molecule has 1 aromatic heterocycles. The van der Waals surface area contributed by atoms with Gasteiger partial charge >= 0.3 is 6.03 Å². The molecule has 3 N–H and O–H groups in total. The first-order chi connectivity index (χ1) is 15.7. The van der Waals surface area contributed by atoms with Crippen LogP contribution < -0.4 is 15.2 Å². The number of benzene rings is 1. The van der Waals surface area contributed by atoms with Crippen molar-refractivity contribution in [3.05, 3.63) is 34.5 Å². The molecular formula is C22H28N6O4S. The van der Waals surface area contributed by atoms with Crippen molar-refractivity contribution in [3.8, 4) is 5.88 Å². The summed E-state index contributed by atoms with van der Waals surface area (Å²) in [5, 5.41) is 13.1. The molecule has 176 valence electrons. The molecule has 0 saturated carbocycles. The van der Waals surface area contributed by atoms with E-state index < -0.39 is 15.9 Å². The van der Waals surface area contributed by atoms with Crippen LogP contribution in [0, 0.1) is 0 Å². The number of nitrogens with one attached hydrogen (secondary N) is 1. The molecular weight excluding hydrogens is 444 g/mol. The molecule has 33 heavy (non-hydrogen) atoms. The van der Waals surface area contributed by atoms with Crippen LogP contribution in [-0.2, 0) is 46.9 Å². The zero-order valence-corrected chi connectivity index (χ0v) is 19.6. The average Bonchev–Trinajstić information content (AvgIpc) is 3.50. The van der Waals surface area contributed by atoms with E-state index in [2.05, 4.69) is 20.8 Å². The number of anilines is 1. The highest BCUT2D eigenvalue weighted by Gasteiger charge is 2.32. The first kappa shape index (κ1) is 21.9. The third-order valence-corrected chi connectivity index (χ3v) is 8.02. The van der Waals surface area contributed by atoms with Gasteiger partial charge in [0.15, 0.2) is 9.92 Å². The summed E-state index contributed by atoms with van der Waals surface area (Å²) in [6.45, 7) is 2.21. The van der Waals surface area contributed by atoms with Gasteiger partial charge in [0.1, 0.15) is 11.0 Å². The summed E-state index contributed by atoms with van der Waals surface area (Å²) in [7, 11) is -1.91. The molecule has 3 aliphatic rings. The molecule has 1 aliphatic heterocycles. The minimum absolute atomic E-state index is 0.0779. The van der Waals surface area contributed by atoms with Gasteiger partial charge in [0.2, 0.25) is 11.8 Å². The third kappa shape index (κ3) is 3.99. The van der Waals surface area contributed by atoms with E-state index in [4.69, 9.17) is 9.88 Å². The Kier molecular flexibility index (Phi) is 5.40. The minimum Gasteiger partial charge on any atom is -0.470 e. The maximum absolute atomic E-state index is 13.3. The van der Waals surface area contributed by atoms with Crippen LogP contribution in [0.2, 0.25) is 0 Å². The van der Waals surface area contributed by atoms with Gasteiger partial charge in [-0.2, -0.15) is 5.10 Å². The zero-order chi connectivity index (χ0) is 23.3. The first-order valence-electron chi connectivity index (χ1n) is 11.2. The molecule has 2 aromatic rings. The summed E-state index contributed by atoms with van der Waals surface area (Å²) in [6.07, 6.45) is 6.95. The molecule has 0 spiro atoms. The Bertz CT molecular complexity index is 1240. The molecule has 2 aliphatic carbocycles. The zero-order valence-electron chi connectivity index (χ0n) is 18.8. The van der Waals surface area contributed by atoms with Crippen LogP contribution in [0.5, 0.6) is 5.88 Å². The average molecular weight is 473 g/mol. The molecule has 1 aromatic carbocycles. The van der Waals surface area contributed by atoms with Crippen molar-refractivity contribution < 1.29 is 18.5 Å². The molecule has 0 radical (unpaired) electrons. The fourth-order valence-corrected chi connectivity index (χ4v) is 5.99. The smallest absolute Gasteiger partial charge is 0.354 e. The summed E-state index contributed by atoms with van der Waals surface area (Å²) < 4.78 is 24.5. The van der Waals surface area contributed by atoms with E-state index in [1.165, 1.54) is 33.8 Å². The number of urea groups is 1. The predicted molar refractivity (Wildman–Crippen MR) is 122 cm³/mol. The summed E-state index contributed by atoms with van der Waals surface area (Å²) in [5.74, 6) is 0.138. The van der Waals surface area contributed by atoms with E-state index in [0.29, 0.717) is 13.1 Å². The van der Waals surface area contributed by atoms with Gasteiger partial charge in [-0.1, -0.05) is 6.07 Å². The number of nitrogens with zero attached hydrogens (tertiary/aromatic N) is 4. The van der Waals surface area contributed by atoms with Crippen LogP contribution in [0.3, 0.4) is 0 Å². The highest BCUT2D eigenvalue weighted by molar-refractivity contribution is 7.91. The van der Waals surface area contributed by atoms with Crippen molar-refractivity contribution in [1.82, 2.24) is 14.7 Å². The lowest BCUT2D eigenvalue weighted by atomic mass is 9.99. The van der Waals surface area contributed by atoms with Crippen LogP contribution >= 0.6 is 0 Å². The number of hydrogen-bond acceptors (Lipinski definition) is 5. The van der Waals surface area contributed by atoms with Crippen LogP contribution in [-0.4, -0.2) is 50.5 Å². The lowest BCUT2D eigenvalue weighted by molar-refractivity contribution is -0.128. The van der Waals surface area contributed by atoms with Crippen LogP contribution in [0.1, 0.15) is 42.0 Å². The Morgan fingerprint density at radius 2 is 1.94 bits per heavy atom. The SMILES string of the molecule is CC(=O)N(C)CC1Cn2ncc(S(N)(=O)=NC(=O)Nc3c4c(cc5c3CCC5)CCC4)c2O1. The standard InChI is InChI=1S/C22H28N6O4S/c1-13(29)27(2)11-16-12-28-21(32-16)19(10-24-28)33(23,31)26-22(30)25-20-17-7-3-5-14(17)9-15-6-4-8-18(15)20/h9-10,16H,3-8,11-12H2,1-2H3,(H3,23,25,26,30,31).